The second-order valence-electron chi connectivity index (χ2n) is 3.62. The Kier molecular flexibility index (Phi) is 5.26. The van der Waals surface area contributed by atoms with Crippen LogP contribution in [0.15, 0.2) is 0 Å². The summed E-state index contributed by atoms with van der Waals surface area (Å²) in [6, 6.07) is 0. The van der Waals surface area contributed by atoms with Crippen LogP contribution in [-0.2, 0) is 8.25 Å². The third-order valence-electron chi connectivity index (χ3n) is 1.52. The minimum atomic E-state index is -3.65. The summed E-state index contributed by atoms with van der Waals surface area (Å²) in [4.78, 5) is 20.0. The molecule has 14 heavy (non-hydrogen) atoms. The van der Waals surface area contributed by atoms with Crippen LogP contribution in [0.25, 0.3) is 0 Å². The van der Waals surface area contributed by atoms with Gasteiger partial charge in [-0.15, -0.1) is 0 Å². The molecule has 0 saturated carbocycles. The van der Waals surface area contributed by atoms with Gasteiger partial charge < -0.3 is 0 Å². The molecule has 0 atom stereocenters. The quantitative estimate of drug-likeness (QED) is 0.456. The molecule has 8 heteroatoms. The molecule has 0 radical (unpaired) electrons. The number of carboxylic acid groups (broad SMARTS) is 1. The second kappa shape index (κ2) is 5.24. The summed E-state index contributed by atoms with van der Waals surface area (Å²) < 4.78 is 5.24. The van der Waals surface area contributed by atoms with Crippen LogP contribution in [0, 0.1) is 0 Å². The summed E-state index contributed by atoms with van der Waals surface area (Å²) in [5.41, 5.74) is -0.917. The summed E-state index contributed by atoms with van der Waals surface area (Å²) >= 11 is -3.65. The van der Waals surface area contributed by atoms with E-state index in [0.717, 1.165) is 0 Å². The maximum atomic E-state index is 10.5. The normalized spacial score (nSPS) is 12.9. The molecule has 0 unspecified atom stereocenters. The molecule has 0 bridgehead atoms. The fraction of sp³-hybridized carbons (Fsp3) is 0.833. The molecule has 0 heterocycles. The van der Waals surface area contributed by atoms with Crippen LogP contribution in [0.1, 0.15) is 0 Å². The number of aliphatic hydroxyl groups excluding tert-OH is 2. The van der Waals surface area contributed by atoms with Crippen molar-refractivity contribution in [3.8, 4) is 0 Å². The first-order valence-electron chi connectivity index (χ1n) is 4.11. The predicted molar refractivity (Wildman–Crippen MR) is 53.2 cm³/mol. The van der Waals surface area contributed by atoms with Gasteiger partial charge in [0.25, 0.3) is 0 Å². The first kappa shape index (κ1) is 14.1. The van der Waals surface area contributed by atoms with Crippen LogP contribution in [0.3, 0.4) is 0 Å². The molecule has 4 N–H and O–H groups in total. The van der Waals surface area contributed by atoms with Gasteiger partial charge in [-0.05, 0) is 0 Å². The van der Waals surface area contributed by atoms with E-state index in [0.29, 0.717) is 0 Å². The van der Waals surface area contributed by atoms with Gasteiger partial charge in [0.15, 0.2) is 0 Å². The van der Waals surface area contributed by atoms with E-state index in [1.54, 1.807) is 0 Å². The van der Waals surface area contributed by atoms with Gasteiger partial charge in [-0.2, -0.15) is 0 Å². The third kappa shape index (κ3) is 5.08. The summed E-state index contributed by atoms with van der Waals surface area (Å²) in [6.07, 6.45) is 0. The van der Waals surface area contributed by atoms with Gasteiger partial charge in [-0.3, -0.25) is 0 Å². The van der Waals surface area contributed by atoms with Gasteiger partial charge in [-0.25, -0.2) is 0 Å². The molecule has 6 nitrogen and oxygen atoms in total. The SMILES string of the molecule is C[Si](C)(O)[O][Ge]([CH2]O)([CH2]O)[CH2]C(=O)O. The number of hydrogen-bond donors (Lipinski definition) is 4. The van der Waals surface area contributed by atoms with Crippen LogP contribution in [0.4, 0.5) is 0 Å². The van der Waals surface area contributed by atoms with Gasteiger partial charge in [-0.1, -0.05) is 0 Å². The summed E-state index contributed by atoms with van der Waals surface area (Å²) in [5.74, 6) is -1.12. The van der Waals surface area contributed by atoms with Crippen molar-refractivity contribution >= 4 is 28.1 Å². The fourth-order valence-electron chi connectivity index (χ4n) is 1.07. The first-order chi connectivity index (χ1) is 6.24. The number of hydrogen-bond acceptors (Lipinski definition) is 5. The van der Waals surface area contributed by atoms with Crippen molar-refractivity contribution in [2.24, 2.45) is 0 Å². The zero-order valence-corrected chi connectivity index (χ0v) is 11.3. The Bertz CT molecular complexity index is 199. The van der Waals surface area contributed by atoms with E-state index in [1.165, 1.54) is 13.1 Å². The molecule has 0 aliphatic carbocycles. The predicted octanol–water partition coefficient (Wildman–Crippen LogP) is -1.21. The Balaban J connectivity index is 4.61. The van der Waals surface area contributed by atoms with Crippen molar-refractivity contribution in [3.63, 3.8) is 0 Å². The number of carboxylic acids is 1. The Labute approximate surface area is 86.1 Å². The molecule has 0 aromatic heterocycles. The molecule has 0 amide bonds. The molecule has 0 spiro atoms. The van der Waals surface area contributed by atoms with Crippen molar-refractivity contribution in [1.29, 1.82) is 0 Å². The zero-order chi connectivity index (χ0) is 11.4. The van der Waals surface area contributed by atoms with Crippen molar-refractivity contribution in [2.75, 3.05) is 10.9 Å². The Morgan fingerprint density at radius 3 is 2.00 bits per heavy atom. The van der Waals surface area contributed by atoms with Gasteiger partial charge in [0.1, 0.15) is 0 Å². The van der Waals surface area contributed by atoms with E-state index < -0.39 is 39.0 Å². The van der Waals surface area contributed by atoms with Crippen molar-refractivity contribution in [3.05, 3.63) is 0 Å². The Morgan fingerprint density at radius 1 is 1.36 bits per heavy atom. The average molecular weight is 285 g/mol. The van der Waals surface area contributed by atoms with Gasteiger partial charge >= 0.3 is 85.7 Å². The van der Waals surface area contributed by atoms with E-state index in [9.17, 15) is 9.59 Å². The summed E-state index contributed by atoms with van der Waals surface area (Å²) in [5, 5.41) is 26.3. The standard InChI is InChI=1S/C6H16GeO6Si/c1-14(2,12)13-7(4-8,5-9)3-6(10)11/h8-9,12H,3-5H2,1-2H3,(H,10,11). The second-order valence-corrected chi connectivity index (χ2v) is 15.0. The number of aliphatic carboxylic acids is 1. The number of rotatable bonds is 6. The average Bonchev–Trinajstić information content (AvgIpc) is 1.99. The van der Waals surface area contributed by atoms with Crippen molar-refractivity contribution in [1.82, 2.24) is 0 Å². The van der Waals surface area contributed by atoms with E-state index in [2.05, 4.69) is 0 Å². The van der Waals surface area contributed by atoms with E-state index in [4.69, 9.17) is 18.8 Å². The molecule has 0 aliphatic rings. The molecule has 84 valence electrons. The molecule has 0 saturated heterocycles. The van der Waals surface area contributed by atoms with Gasteiger partial charge in [0, 0.05) is 0 Å². The van der Waals surface area contributed by atoms with Crippen LogP contribution in [0.2, 0.25) is 18.3 Å². The third-order valence-corrected chi connectivity index (χ3v) is 12.7. The summed E-state index contributed by atoms with van der Waals surface area (Å²) in [6.45, 7) is 2.94. The number of carbonyl (C=O) groups is 1. The Hall–Kier alpha value is 0.0697. The molecule has 0 rings (SSSR count). The Morgan fingerprint density at radius 2 is 1.79 bits per heavy atom. The van der Waals surface area contributed by atoms with Crippen molar-refractivity contribution in [2.45, 2.75) is 18.3 Å². The number of aliphatic hydroxyl groups is 2. The molecular weight excluding hydrogens is 269 g/mol. The maximum absolute atomic E-state index is 10.5. The van der Waals surface area contributed by atoms with Crippen molar-refractivity contribution < 1.29 is 28.4 Å². The van der Waals surface area contributed by atoms with E-state index in [1.807, 2.05) is 0 Å². The first-order valence-corrected chi connectivity index (χ1v) is 12.3. The molecule has 0 fully saturated rings. The molecular formula is C6H16GeO6Si. The van der Waals surface area contributed by atoms with Crippen LogP contribution in [-0.4, -0.2) is 59.1 Å². The van der Waals surface area contributed by atoms with Gasteiger partial charge in [0.2, 0.25) is 0 Å². The zero-order valence-electron chi connectivity index (χ0n) is 8.23. The van der Waals surface area contributed by atoms with E-state index >= 15 is 0 Å². The van der Waals surface area contributed by atoms with Crippen LogP contribution >= 0.6 is 0 Å². The summed E-state index contributed by atoms with van der Waals surface area (Å²) in [7, 11) is -2.90. The van der Waals surface area contributed by atoms with E-state index in [-0.39, 0.29) is 5.25 Å². The molecule has 0 aromatic rings. The fourth-order valence-corrected chi connectivity index (χ4v) is 12.1. The molecule has 0 aliphatic heterocycles. The monoisotopic (exact) mass is 286 g/mol. The minimum absolute atomic E-state index is 0.357. The molecule has 0 aromatic carbocycles. The van der Waals surface area contributed by atoms with Gasteiger partial charge in [0.05, 0.1) is 0 Å². The van der Waals surface area contributed by atoms with Crippen LogP contribution < -0.4 is 0 Å². The van der Waals surface area contributed by atoms with Crippen LogP contribution in [0.5, 0.6) is 0 Å². The topological polar surface area (TPSA) is 107 Å².